The summed E-state index contributed by atoms with van der Waals surface area (Å²) in [4.78, 5) is 32.1. The molecule has 0 aliphatic carbocycles. The Hall–Kier alpha value is -4.39. The van der Waals surface area contributed by atoms with Crippen LogP contribution in [0.4, 0.5) is 0 Å². The molecule has 0 radical (unpaired) electrons. The van der Waals surface area contributed by atoms with Crippen LogP contribution in [0.15, 0.2) is 95.8 Å². The van der Waals surface area contributed by atoms with Gasteiger partial charge >= 0.3 is 11.6 Å². The Bertz CT molecular complexity index is 1400. The Morgan fingerprint density at radius 1 is 0.892 bits per heavy atom. The van der Waals surface area contributed by atoms with Crippen LogP contribution in [0.2, 0.25) is 0 Å². The standard InChI is InChI=1S/C30H29N3O4/c1-20(2)32-18-24(25(22-14-8-4-9-15-22)23-16-10-5-11-17-23)33-26(29(32)36)27(34)28(35)31-30(33)37-19-21-12-6-3-7-13-21/h3-17,20,24-25,34H,18-19H2,1-2H3/t24-/m1/s1. The van der Waals surface area contributed by atoms with E-state index in [4.69, 9.17) is 4.74 Å². The van der Waals surface area contributed by atoms with Gasteiger partial charge in [-0.15, -0.1) is 0 Å². The van der Waals surface area contributed by atoms with Gasteiger partial charge in [0.15, 0.2) is 5.69 Å². The first kappa shape index (κ1) is 24.3. The minimum Gasteiger partial charge on any atom is -0.501 e. The predicted molar refractivity (Wildman–Crippen MR) is 141 cm³/mol. The van der Waals surface area contributed by atoms with Crippen LogP contribution in [0.5, 0.6) is 11.8 Å². The van der Waals surface area contributed by atoms with Crippen LogP contribution in [0.25, 0.3) is 0 Å². The van der Waals surface area contributed by atoms with Gasteiger partial charge in [0, 0.05) is 18.5 Å². The van der Waals surface area contributed by atoms with E-state index in [1.807, 2.05) is 105 Å². The van der Waals surface area contributed by atoms with E-state index in [-0.39, 0.29) is 30.3 Å². The van der Waals surface area contributed by atoms with Crippen molar-refractivity contribution in [3.05, 3.63) is 124 Å². The largest absolute Gasteiger partial charge is 0.501 e. The normalized spacial score (nSPS) is 15.2. The van der Waals surface area contributed by atoms with Gasteiger partial charge in [0.05, 0.1) is 6.04 Å². The molecule has 0 saturated heterocycles. The van der Waals surface area contributed by atoms with E-state index < -0.39 is 23.3 Å². The maximum atomic E-state index is 13.6. The zero-order valence-corrected chi connectivity index (χ0v) is 20.8. The third-order valence-electron chi connectivity index (χ3n) is 6.79. The Balaban J connectivity index is 1.72. The number of aromatic nitrogens is 2. The minimum absolute atomic E-state index is 0.0141. The predicted octanol–water partition coefficient (Wildman–Crippen LogP) is 4.77. The molecule has 4 aromatic rings. The fraction of sp³-hybridized carbons (Fsp3) is 0.233. The number of amides is 1. The van der Waals surface area contributed by atoms with Crippen LogP contribution >= 0.6 is 0 Å². The van der Waals surface area contributed by atoms with Gasteiger partial charge in [-0.05, 0) is 30.5 Å². The molecule has 7 heteroatoms. The molecular weight excluding hydrogens is 466 g/mol. The molecule has 0 saturated carbocycles. The highest BCUT2D eigenvalue weighted by Gasteiger charge is 2.42. The van der Waals surface area contributed by atoms with E-state index in [1.54, 1.807) is 9.47 Å². The van der Waals surface area contributed by atoms with E-state index in [1.165, 1.54) is 0 Å². The van der Waals surface area contributed by atoms with Gasteiger partial charge in [-0.3, -0.25) is 14.2 Å². The Kier molecular flexibility index (Phi) is 6.77. The first-order chi connectivity index (χ1) is 18.0. The number of hydrogen-bond acceptors (Lipinski definition) is 5. The van der Waals surface area contributed by atoms with Crippen LogP contribution in [0, 0.1) is 0 Å². The highest BCUT2D eigenvalue weighted by Crippen LogP contribution is 2.42. The van der Waals surface area contributed by atoms with Crippen molar-refractivity contribution in [2.24, 2.45) is 0 Å². The first-order valence-electron chi connectivity index (χ1n) is 12.4. The lowest BCUT2D eigenvalue weighted by molar-refractivity contribution is 0.0567. The van der Waals surface area contributed by atoms with Crippen LogP contribution in [-0.4, -0.2) is 38.1 Å². The molecule has 2 heterocycles. The molecule has 1 N–H and O–H groups in total. The van der Waals surface area contributed by atoms with Crippen molar-refractivity contribution in [2.75, 3.05) is 6.54 Å². The number of carbonyl (C=O) groups is 1. The lowest BCUT2D eigenvalue weighted by Gasteiger charge is -2.42. The summed E-state index contributed by atoms with van der Waals surface area (Å²) in [7, 11) is 0. The van der Waals surface area contributed by atoms with E-state index in [0.717, 1.165) is 16.7 Å². The molecular formula is C30H29N3O4. The molecule has 0 unspecified atom stereocenters. The zero-order chi connectivity index (χ0) is 25.9. The maximum Gasteiger partial charge on any atom is 0.318 e. The van der Waals surface area contributed by atoms with Crippen molar-refractivity contribution in [3.63, 3.8) is 0 Å². The third-order valence-corrected chi connectivity index (χ3v) is 6.79. The number of hydrogen-bond donors (Lipinski definition) is 1. The molecule has 3 aromatic carbocycles. The summed E-state index contributed by atoms with van der Waals surface area (Å²) in [5.41, 5.74) is 1.99. The Morgan fingerprint density at radius 3 is 1.97 bits per heavy atom. The van der Waals surface area contributed by atoms with Crippen molar-refractivity contribution in [1.82, 2.24) is 14.5 Å². The molecule has 0 spiro atoms. The summed E-state index contributed by atoms with van der Waals surface area (Å²) in [5.74, 6) is -1.29. The fourth-order valence-corrected chi connectivity index (χ4v) is 5.00. The van der Waals surface area contributed by atoms with E-state index in [2.05, 4.69) is 4.98 Å². The average Bonchev–Trinajstić information content (AvgIpc) is 2.92. The molecule has 0 fully saturated rings. The number of rotatable bonds is 7. The molecule has 0 bridgehead atoms. The molecule has 1 aliphatic heterocycles. The molecule has 5 rings (SSSR count). The highest BCUT2D eigenvalue weighted by molar-refractivity contribution is 5.96. The van der Waals surface area contributed by atoms with Gasteiger partial charge in [0.2, 0.25) is 5.75 Å². The summed E-state index contributed by atoms with van der Waals surface area (Å²) in [6.07, 6.45) is 0. The van der Waals surface area contributed by atoms with Crippen molar-refractivity contribution < 1.29 is 14.6 Å². The average molecular weight is 496 g/mol. The van der Waals surface area contributed by atoms with Gasteiger partial charge < -0.3 is 14.7 Å². The van der Waals surface area contributed by atoms with Crippen LogP contribution in [0.3, 0.4) is 0 Å². The second kappa shape index (κ2) is 10.3. The topological polar surface area (TPSA) is 84.7 Å². The Labute approximate surface area is 215 Å². The van der Waals surface area contributed by atoms with Crippen molar-refractivity contribution in [2.45, 2.75) is 38.5 Å². The van der Waals surface area contributed by atoms with Gasteiger partial charge in [0.1, 0.15) is 6.61 Å². The van der Waals surface area contributed by atoms with Crippen molar-refractivity contribution >= 4 is 5.91 Å². The van der Waals surface area contributed by atoms with Crippen LogP contribution < -0.4 is 10.3 Å². The molecule has 1 atom stereocenters. The van der Waals surface area contributed by atoms with Crippen LogP contribution in [-0.2, 0) is 6.61 Å². The number of aromatic hydroxyl groups is 1. The lowest BCUT2D eigenvalue weighted by atomic mass is 9.83. The second-order valence-corrected chi connectivity index (χ2v) is 9.46. The summed E-state index contributed by atoms with van der Waals surface area (Å²) in [5, 5.41) is 10.9. The van der Waals surface area contributed by atoms with Gasteiger partial charge in [0.25, 0.3) is 5.91 Å². The third kappa shape index (κ3) is 4.72. The highest BCUT2D eigenvalue weighted by atomic mass is 16.5. The minimum atomic E-state index is -0.886. The van der Waals surface area contributed by atoms with Gasteiger partial charge in [-0.1, -0.05) is 91.0 Å². The number of carbonyl (C=O) groups excluding carboxylic acids is 1. The maximum absolute atomic E-state index is 13.6. The van der Waals surface area contributed by atoms with E-state index in [9.17, 15) is 14.7 Å². The molecule has 1 aromatic heterocycles. The molecule has 1 amide bonds. The number of nitrogens with zero attached hydrogens (tertiary/aromatic N) is 3. The smallest absolute Gasteiger partial charge is 0.318 e. The lowest BCUT2D eigenvalue weighted by Crippen LogP contribution is -2.49. The number of fused-ring (bicyclic) bond motifs is 1. The summed E-state index contributed by atoms with van der Waals surface area (Å²) < 4.78 is 7.72. The number of benzene rings is 3. The summed E-state index contributed by atoms with van der Waals surface area (Å²) in [6, 6.07) is 29.0. The number of ether oxygens (including phenoxy) is 1. The van der Waals surface area contributed by atoms with Gasteiger partial charge in [-0.2, -0.15) is 4.98 Å². The second-order valence-electron chi connectivity index (χ2n) is 9.46. The summed E-state index contributed by atoms with van der Waals surface area (Å²) in [6.45, 7) is 4.36. The first-order valence-corrected chi connectivity index (χ1v) is 12.4. The monoisotopic (exact) mass is 495 g/mol. The van der Waals surface area contributed by atoms with Gasteiger partial charge in [-0.25, -0.2) is 0 Å². The molecule has 37 heavy (non-hydrogen) atoms. The van der Waals surface area contributed by atoms with Crippen molar-refractivity contribution in [1.29, 1.82) is 0 Å². The molecule has 1 aliphatic rings. The molecule has 7 nitrogen and oxygen atoms in total. The quantitative estimate of drug-likeness (QED) is 0.399. The Morgan fingerprint density at radius 2 is 1.43 bits per heavy atom. The SMILES string of the molecule is CC(C)N1C[C@H](C(c2ccccc2)c2ccccc2)n2c(OCc3ccccc3)nc(=O)c(O)c2C1=O. The van der Waals surface area contributed by atoms with Crippen molar-refractivity contribution in [3.8, 4) is 11.8 Å². The van der Waals surface area contributed by atoms with Crippen LogP contribution in [0.1, 0.15) is 53.0 Å². The van der Waals surface area contributed by atoms with E-state index in [0.29, 0.717) is 6.54 Å². The summed E-state index contributed by atoms with van der Waals surface area (Å²) >= 11 is 0. The van der Waals surface area contributed by atoms with E-state index >= 15 is 0 Å². The molecule has 188 valence electrons. The zero-order valence-electron chi connectivity index (χ0n) is 20.8. The fourth-order valence-electron chi connectivity index (χ4n) is 5.00.